The summed E-state index contributed by atoms with van der Waals surface area (Å²) in [6.07, 6.45) is -2.80. The maximum Gasteiger partial charge on any atom is 0.416 e. The van der Waals surface area contributed by atoms with Crippen molar-refractivity contribution in [2.24, 2.45) is 0 Å². The number of H-pyrrole nitrogens is 1. The van der Waals surface area contributed by atoms with Crippen LogP contribution in [0.1, 0.15) is 29.2 Å². The van der Waals surface area contributed by atoms with E-state index < -0.39 is 11.7 Å². The van der Waals surface area contributed by atoms with Gasteiger partial charge in [0.05, 0.1) is 5.56 Å². The molecule has 0 spiro atoms. The highest BCUT2D eigenvalue weighted by molar-refractivity contribution is 6.01. The normalized spacial score (nSPS) is 11.3. The van der Waals surface area contributed by atoms with Gasteiger partial charge in [0.25, 0.3) is 5.56 Å². The molecule has 0 saturated heterocycles. The Kier molecular flexibility index (Phi) is 6.31. The number of hydrogen-bond acceptors (Lipinski definition) is 5. The van der Waals surface area contributed by atoms with Gasteiger partial charge in [-0.05, 0) is 36.8 Å². The fraction of sp³-hybridized carbons (Fsp3) is 0.190. The Hall–Kier alpha value is -3.46. The number of hydrogen-bond donors (Lipinski definition) is 4. The fourth-order valence-corrected chi connectivity index (χ4v) is 2.86. The lowest BCUT2D eigenvalue weighted by Crippen LogP contribution is -2.23. The molecular formula is C21H20F3N5O. The lowest BCUT2D eigenvalue weighted by Gasteiger charge is -2.13. The SMILES string of the molecule is CC(=N)c1cc(CNCc2cccc(C(F)(F)F)c2)c(=O)[nH]c1Nc1ccccn1. The predicted octanol–water partition coefficient (Wildman–Crippen LogP) is 4.21. The molecule has 3 rings (SSSR count). The number of benzene rings is 1. The van der Waals surface area contributed by atoms with Crippen molar-refractivity contribution in [2.75, 3.05) is 5.32 Å². The minimum atomic E-state index is -4.40. The Morgan fingerprint density at radius 3 is 2.60 bits per heavy atom. The van der Waals surface area contributed by atoms with E-state index >= 15 is 0 Å². The number of halogens is 3. The van der Waals surface area contributed by atoms with Crippen molar-refractivity contribution < 1.29 is 13.2 Å². The second-order valence-corrected chi connectivity index (χ2v) is 6.68. The number of nitrogens with zero attached hydrogens (tertiary/aromatic N) is 1. The molecule has 0 aliphatic carbocycles. The average Bonchev–Trinajstić information content (AvgIpc) is 2.70. The summed E-state index contributed by atoms with van der Waals surface area (Å²) >= 11 is 0. The molecule has 9 heteroatoms. The van der Waals surface area contributed by atoms with Crippen molar-refractivity contribution in [3.8, 4) is 0 Å². The van der Waals surface area contributed by atoms with E-state index in [1.807, 2.05) is 0 Å². The zero-order valence-electron chi connectivity index (χ0n) is 16.1. The first-order chi connectivity index (χ1) is 14.2. The first-order valence-corrected chi connectivity index (χ1v) is 9.10. The van der Waals surface area contributed by atoms with E-state index in [0.717, 1.165) is 12.1 Å². The van der Waals surface area contributed by atoms with Gasteiger partial charge in [0, 0.05) is 36.1 Å². The smallest absolute Gasteiger partial charge is 0.326 e. The molecule has 0 unspecified atom stereocenters. The van der Waals surface area contributed by atoms with E-state index in [1.54, 1.807) is 43.5 Å². The lowest BCUT2D eigenvalue weighted by molar-refractivity contribution is -0.137. The number of alkyl halides is 3. The minimum absolute atomic E-state index is 0.135. The molecule has 0 atom stereocenters. The highest BCUT2D eigenvalue weighted by atomic mass is 19.4. The Morgan fingerprint density at radius 1 is 1.13 bits per heavy atom. The van der Waals surface area contributed by atoms with Gasteiger partial charge in [-0.3, -0.25) is 4.79 Å². The Labute approximate surface area is 170 Å². The van der Waals surface area contributed by atoms with Crippen LogP contribution in [0, 0.1) is 5.41 Å². The van der Waals surface area contributed by atoms with E-state index in [1.165, 1.54) is 6.07 Å². The third kappa shape index (κ3) is 5.32. The maximum atomic E-state index is 12.8. The summed E-state index contributed by atoms with van der Waals surface area (Å²) in [5, 5.41) is 14.0. The molecular weight excluding hydrogens is 395 g/mol. The van der Waals surface area contributed by atoms with Gasteiger partial charge >= 0.3 is 6.18 Å². The second-order valence-electron chi connectivity index (χ2n) is 6.68. The summed E-state index contributed by atoms with van der Waals surface area (Å²) in [7, 11) is 0. The largest absolute Gasteiger partial charge is 0.416 e. The summed E-state index contributed by atoms with van der Waals surface area (Å²) in [5.74, 6) is 0.874. The van der Waals surface area contributed by atoms with Crippen molar-refractivity contribution in [3.05, 3.63) is 87.3 Å². The molecule has 0 amide bonds. The van der Waals surface area contributed by atoms with Gasteiger partial charge in [0.1, 0.15) is 11.6 Å². The number of aromatic nitrogens is 2. The van der Waals surface area contributed by atoms with Gasteiger partial charge in [0.15, 0.2) is 0 Å². The number of rotatable bonds is 7. The van der Waals surface area contributed by atoms with Crippen molar-refractivity contribution >= 4 is 17.3 Å². The van der Waals surface area contributed by atoms with Gasteiger partial charge in [0.2, 0.25) is 0 Å². The van der Waals surface area contributed by atoms with Crippen molar-refractivity contribution in [1.82, 2.24) is 15.3 Å². The van der Waals surface area contributed by atoms with Crippen LogP contribution in [0.4, 0.5) is 24.8 Å². The third-order valence-electron chi connectivity index (χ3n) is 4.34. The number of anilines is 2. The Morgan fingerprint density at radius 2 is 1.93 bits per heavy atom. The van der Waals surface area contributed by atoms with Crippen molar-refractivity contribution in [3.63, 3.8) is 0 Å². The van der Waals surface area contributed by atoms with Crippen molar-refractivity contribution in [2.45, 2.75) is 26.2 Å². The molecule has 0 fully saturated rings. The molecule has 0 aliphatic rings. The summed E-state index contributed by atoms with van der Waals surface area (Å²) < 4.78 is 38.5. The molecule has 4 N–H and O–H groups in total. The van der Waals surface area contributed by atoms with Gasteiger partial charge in [-0.15, -0.1) is 0 Å². The zero-order valence-corrected chi connectivity index (χ0v) is 16.1. The molecule has 30 heavy (non-hydrogen) atoms. The zero-order chi connectivity index (χ0) is 21.7. The molecule has 0 radical (unpaired) electrons. The molecule has 3 aromatic rings. The van der Waals surface area contributed by atoms with E-state index in [4.69, 9.17) is 5.41 Å². The first kappa shape index (κ1) is 21.3. The number of nitrogens with one attached hydrogen (secondary N) is 4. The molecule has 6 nitrogen and oxygen atoms in total. The third-order valence-corrected chi connectivity index (χ3v) is 4.34. The van der Waals surface area contributed by atoms with Crippen LogP contribution in [0.25, 0.3) is 0 Å². The Balaban J connectivity index is 1.74. The van der Waals surface area contributed by atoms with Gasteiger partial charge in [-0.1, -0.05) is 24.3 Å². The van der Waals surface area contributed by atoms with Crippen LogP contribution >= 0.6 is 0 Å². The van der Waals surface area contributed by atoms with Crippen LogP contribution in [-0.4, -0.2) is 15.7 Å². The highest BCUT2D eigenvalue weighted by Gasteiger charge is 2.30. The van der Waals surface area contributed by atoms with Crippen LogP contribution in [0.2, 0.25) is 0 Å². The average molecular weight is 415 g/mol. The summed E-state index contributed by atoms with van der Waals surface area (Å²) in [4.78, 5) is 19.3. The Bertz CT molecular complexity index is 1090. The van der Waals surface area contributed by atoms with E-state index in [9.17, 15) is 18.0 Å². The molecule has 156 valence electrons. The summed E-state index contributed by atoms with van der Waals surface area (Å²) in [5.41, 5.74) is 0.481. The molecule has 0 saturated carbocycles. The first-order valence-electron chi connectivity index (χ1n) is 9.10. The quantitative estimate of drug-likeness (QED) is 0.435. The molecule has 2 heterocycles. The highest BCUT2D eigenvalue weighted by Crippen LogP contribution is 2.29. The molecule has 0 aliphatic heterocycles. The number of pyridine rings is 2. The van der Waals surface area contributed by atoms with Crippen molar-refractivity contribution in [1.29, 1.82) is 5.41 Å². The van der Waals surface area contributed by atoms with E-state index in [0.29, 0.717) is 28.3 Å². The monoisotopic (exact) mass is 415 g/mol. The topological polar surface area (TPSA) is 93.7 Å². The fourth-order valence-electron chi connectivity index (χ4n) is 2.86. The van der Waals surface area contributed by atoms with Gasteiger partial charge in [-0.2, -0.15) is 13.2 Å². The summed E-state index contributed by atoms with van der Waals surface area (Å²) in [6.45, 7) is 1.89. The van der Waals surface area contributed by atoms with Gasteiger partial charge in [-0.25, -0.2) is 4.98 Å². The standard InChI is InChI=1S/C21H20F3N5O/c1-13(25)17-10-15(20(30)29-19(17)28-18-7-2-3-8-27-18)12-26-11-14-5-4-6-16(9-14)21(22,23)24/h2-10,25-26H,11-12H2,1H3,(H2,27,28,29,30). The van der Waals surface area contributed by atoms with E-state index in [-0.39, 0.29) is 24.4 Å². The van der Waals surface area contributed by atoms with Crippen LogP contribution < -0.4 is 16.2 Å². The van der Waals surface area contributed by atoms with Gasteiger partial charge < -0.3 is 21.0 Å². The van der Waals surface area contributed by atoms with E-state index in [2.05, 4.69) is 20.6 Å². The minimum Gasteiger partial charge on any atom is -0.326 e. The maximum absolute atomic E-state index is 12.8. The van der Waals surface area contributed by atoms with Crippen LogP contribution in [-0.2, 0) is 19.3 Å². The molecule has 1 aromatic carbocycles. The van der Waals surface area contributed by atoms with Crippen LogP contribution in [0.5, 0.6) is 0 Å². The lowest BCUT2D eigenvalue weighted by atomic mass is 10.1. The number of aromatic amines is 1. The predicted molar refractivity (Wildman–Crippen MR) is 109 cm³/mol. The molecule has 2 aromatic heterocycles. The molecule has 0 bridgehead atoms. The van der Waals surface area contributed by atoms with Crippen LogP contribution in [0.15, 0.2) is 59.5 Å². The van der Waals surface area contributed by atoms with Crippen LogP contribution in [0.3, 0.4) is 0 Å². The summed E-state index contributed by atoms with van der Waals surface area (Å²) in [6, 6.07) is 11.9. The second kappa shape index (κ2) is 8.91.